The maximum absolute atomic E-state index is 13.0. The van der Waals surface area contributed by atoms with Gasteiger partial charge in [0, 0.05) is 12.8 Å². The largest absolute Gasteiger partial charge is 0.545 e. The first-order valence-corrected chi connectivity index (χ1v) is 40.9. The van der Waals surface area contributed by atoms with Gasteiger partial charge in [0.05, 0.1) is 40.3 Å². The van der Waals surface area contributed by atoms with E-state index in [1.807, 2.05) is 21.1 Å². The molecule has 0 aromatic rings. The number of hydrogen-bond acceptors (Lipinski definition) is 8. The van der Waals surface area contributed by atoms with Crippen molar-refractivity contribution in [2.45, 2.75) is 334 Å². The van der Waals surface area contributed by atoms with Crippen molar-refractivity contribution in [3.05, 3.63) is 182 Å². The van der Waals surface area contributed by atoms with E-state index in [1.54, 1.807) is 0 Å². The van der Waals surface area contributed by atoms with Gasteiger partial charge < -0.3 is 33.3 Å². The van der Waals surface area contributed by atoms with Gasteiger partial charge in [-0.25, -0.2) is 0 Å². The summed E-state index contributed by atoms with van der Waals surface area (Å²) in [7, 11) is 5.93. The maximum Gasteiger partial charge on any atom is 0.306 e. The number of quaternary nitrogens is 1. The summed E-state index contributed by atoms with van der Waals surface area (Å²) in [5.41, 5.74) is 0. The van der Waals surface area contributed by atoms with Crippen molar-refractivity contribution < 1.29 is 42.9 Å². The minimum atomic E-state index is -1.64. The molecule has 2 atom stereocenters. The number of carboxylic acid groups (broad SMARTS) is 1. The molecule has 0 rings (SSSR count). The molecule has 0 aliphatic carbocycles. The molecule has 0 heterocycles. The second kappa shape index (κ2) is 80.1. The number of carbonyl (C=O) groups excluding carboxylic acids is 3. The quantitative estimate of drug-likeness (QED) is 0.0195. The van der Waals surface area contributed by atoms with Gasteiger partial charge in [-0.05, 0) is 135 Å². The van der Waals surface area contributed by atoms with Gasteiger partial charge in [-0.1, -0.05) is 357 Å². The summed E-state index contributed by atoms with van der Waals surface area (Å²) in [5, 5.41) is 11.9. The zero-order valence-electron chi connectivity index (χ0n) is 65.5. The van der Waals surface area contributed by atoms with Gasteiger partial charge in [0.25, 0.3) is 0 Å². The van der Waals surface area contributed by atoms with Crippen LogP contribution in [0.5, 0.6) is 0 Å². The second-order valence-electron chi connectivity index (χ2n) is 27.9. The van der Waals surface area contributed by atoms with Crippen LogP contribution in [0.4, 0.5) is 0 Å². The summed E-state index contributed by atoms with van der Waals surface area (Å²) < 4.78 is 22.8. The highest BCUT2D eigenvalue weighted by atomic mass is 16.7. The smallest absolute Gasteiger partial charge is 0.306 e. The van der Waals surface area contributed by atoms with E-state index in [4.69, 9.17) is 18.9 Å². The van der Waals surface area contributed by atoms with Crippen LogP contribution in [-0.2, 0) is 33.3 Å². The molecule has 0 fully saturated rings. The van der Waals surface area contributed by atoms with E-state index >= 15 is 0 Å². The summed E-state index contributed by atoms with van der Waals surface area (Å²) in [6.45, 7) is 4.51. The third-order valence-corrected chi connectivity index (χ3v) is 17.1. The molecule has 0 radical (unpaired) electrons. The molecule has 0 saturated carbocycles. The third-order valence-electron chi connectivity index (χ3n) is 17.1. The number of carboxylic acids is 1. The summed E-state index contributed by atoms with van der Waals surface area (Å²) >= 11 is 0. The van der Waals surface area contributed by atoms with Gasteiger partial charge in [-0.15, -0.1) is 0 Å². The van der Waals surface area contributed by atoms with Gasteiger partial charge in [-0.3, -0.25) is 9.59 Å². The van der Waals surface area contributed by atoms with Crippen LogP contribution in [0.3, 0.4) is 0 Å². The Balaban J connectivity index is 4.09. The minimum Gasteiger partial charge on any atom is -0.545 e. The van der Waals surface area contributed by atoms with Gasteiger partial charge in [0.15, 0.2) is 12.4 Å². The third kappa shape index (κ3) is 81.6. The van der Waals surface area contributed by atoms with Crippen molar-refractivity contribution >= 4 is 17.9 Å². The Morgan fingerprint density at radius 1 is 0.297 bits per heavy atom. The Morgan fingerprint density at radius 3 is 0.792 bits per heavy atom. The lowest BCUT2D eigenvalue weighted by Crippen LogP contribution is -2.44. The van der Waals surface area contributed by atoms with Crippen molar-refractivity contribution in [1.82, 2.24) is 0 Å². The molecule has 0 bridgehead atoms. The molecule has 572 valence electrons. The molecule has 0 aliphatic heterocycles. The predicted molar refractivity (Wildman–Crippen MR) is 435 cm³/mol. The summed E-state index contributed by atoms with van der Waals surface area (Å²) in [6.07, 6.45) is 119. The lowest BCUT2D eigenvalue weighted by atomic mass is 10.0. The van der Waals surface area contributed by atoms with E-state index in [1.165, 1.54) is 135 Å². The number of carbonyl (C=O) groups is 3. The van der Waals surface area contributed by atoms with Crippen LogP contribution in [0, 0.1) is 0 Å². The Hall–Kier alpha value is -5.61. The molecule has 0 aliphatic rings. The van der Waals surface area contributed by atoms with Crippen molar-refractivity contribution in [1.29, 1.82) is 0 Å². The standard InChI is InChI=1S/C92H151NO8/c1-6-8-10-12-14-16-18-20-22-24-26-28-30-32-34-36-38-40-42-44-45-47-48-50-52-54-56-58-60-62-64-66-68-70-72-74-76-78-80-82-89(94)99-86-88(87-100-92(91(96)97)98-85-84-93(3,4)5)101-90(95)83-81-79-77-75-73-71-69-67-65-63-61-59-57-55-53-51-49-46-43-41-39-37-35-33-31-29-27-25-23-21-19-17-15-13-11-9-7-2/h8-11,14-17,20-23,26-29,32-35,39,41,46,49,53,55,59,61,65,67,88,92H,6-7,12-13,18-19,24-25,30-31,36-38,40,42-45,47-48,50-52,54,56-58,60,62-64,66,68-87H2,1-5H3/b10-8-,11-9-,16-14-,17-15-,22-20-,23-21-,28-26-,29-27-,34-32-,35-33-,41-39-,49-46-,55-53-,61-59-,67-65-. The zero-order chi connectivity index (χ0) is 73.2. The molecule has 2 unspecified atom stereocenters. The van der Waals surface area contributed by atoms with E-state index < -0.39 is 24.3 Å². The Bertz CT molecular complexity index is 2330. The van der Waals surface area contributed by atoms with E-state index in [2.05, 4.69) is 196 Å². The fourth-order valence-corrected chi connectivity index (χ4v) is 11.0. The lowest BCUT2D eigenvalue weighted by Gasteiger charge is -2.26. The van der Waals surface area contributed by atoms with Crippen LogP contribution in [-0.4, -0.2) is 82.3 Å². The Labute approximate surface area is 621 Å². The van der Waals surface area contributed by atoms with Crippen molar-refractivity contribution in [2.24, 2.45) is 0 Å². The van der Waals surface area contributed by atoms with Crippen LogP contribution in [0.25, 0.3) is 0 Å². The number of hydrogen-bond donors (Lipinski definition) is 0. The molecule has 101 heavy (non-hydrogen) atoms. The van der Waals surface area contributed by atoms with Crippen LogP contribution >= 0.6 is 0 Å². The predicted octanol–water partition coefficient (Wildman–Crippen LogP) is 25.4. The molecule has 0 amide bonds. The van der Waals surface area contributed by atoms with Crippen LogP contribution < -0.4 is 5.11 Å². The first-order chi connectivity index (χ1) is 49.6. The van der Waals surface area contributed by atoms with Crippen LogP contribution in [0.15, 0.2) is 182 Å². The topological polar surface area (TPSA) is 111 Å². The van der Waals surface area contributed by atoms with Crippen molar-refractivity contribution in [2.75, 3.05) is 47.5 Å². The highest BCUT2D eigenvalue weighted by molar-refractivity contribution is 5.70. The molecular formula is C92H151NO8. The molecule has 0 saturated heterocycles. The van der Waals surface area contributed by atoms with E-state index in [0.29, 0.717) is 17.4 Å². The van der Waals surface area contributed by atoms with E-state index in [9.17, 15) is 19.5 Å². The van der Waals surface area contributed by atoms with Crippen molar-refractivity contribution in [3.63, 3.8) is 0 Å². The summed E-state index contributed by atoms with van der Waals surface area (Å²) in [5.74, 6) is -2.31. The number of unbranched alkanes of at least 4 members (excludes halogenated alkanes) is 29. The normalized spacial score (nSPS) is 13.6. The first kappa shape index (κ1) is 95.4. The summed E-state index contributed by atoms with van der Waals surface area (Å²) in [6, 6.07) is 0. The maximum atomic E-state index is 13.0. The van der Waals surface area contributed by atoms with E-state index in [0.717, 1.165) is 154 Å². The number of allylic oxidation sites excluding steroid dienone is 30. The van der Waals surface area contributed by atoms with E-state index in [-0.39, 0.29) is 38.6 Å². The highest BCUT2D eigenvalue weighted by Crippen LogP contribution is 2.18. The molecule has 9 heteroatoms. The fraction of sp³-hybridized carbons (Fsp3) is 0.641. The Morgan fingerprint density at radius 2 is 0.535 bits per heavy atom. The molecular weight excluding hydrogens is 1250 g/mol. The number of aliphatic carboxylic acids is 1. The number of esters is 2. The van der Waals surface area contributed by atoms with Gasteiger partial charge in [-0.2, -0.15) is 0 Å². The molecule has 0 N–H and O–H groups in total. The first-order valence-electron chi connectivity index (χ1n) is 40.9. The number of nitrogens with zero attached hydrogens (tertiary/aromatic N) is 1. The second-order valence-corrected chi connectivity index (χ2v) is 27.9. The van der Waals surface area contributed by atoms with Crippen molar-refractivity contribution in [3.8, 4) is 0 Å². The number of rotatable bonds is 74. The monoisotopic (exact) mass is 1400 g/mol. The average Bonchev–Trinajstić information content (AvgIpc) is 1.25. The fourth-order valence-electron chi connectivity index (χ4n) is 11.0. The SMILES string of the molecule is CC/C=C\C/C=C\C/C=C\C/C=C\C/C=C\C/C=C\C/C=C\C/C=C\C/C=C\C/C=C\CCCCCCCCC(=O)OC(COC(=O)CCCCCCCCCCCCCCCCCCCCCCCCC/C=C\C/C=C\C/C=C\C/C=C\C/C=C\CC)COC(OCC[N+](C)(C)C)C(=O)[O-]. The van der Waals surface area contributed by atoms with Gasteiger partial charge >= 0.3 is 11.9 Å². The molecule has 9 nitrogen and oxygen atoms in total. The van der Waals surface area contributed by atoms with Gasteiger partial charge in [0.2, 0.25) is 0 Å². The molecule has 0 spiro atoms. The number of likely N-dealkylation sites (N-methyl/N-ethyl adjacent to an activating group) is 1. The zero-order valence-corrected chi connectivity index (χ0v) is 65.5. The van der Waals surface area contributed by atoms with Gasteiger partial charge in [0.1, 0.15) is 13.2 Å². The molecule has 0 aromatic carbocycles. The van der Waals surface area contributed by atoms with Crippen LogP contribution in [0.2, 0.25) is 0 Å². The number of ether oxygens (including phenoxy) is 4. The molecule has 0 aromatic heterocycles. The average molecular weight is 1400 g/mol. The van der Waals surface area contributed by atoms with Crippen LogP contribution in [0.1, 0.15) is 322 Å². The summed E-state index contributed by atoms with van der Waals surface area (Å²) in [4.78, 5) is 37.6. The lowest BCUT2D eigenvalue weighted by molar-refractivity contribution is -0.870. The Kier molecular flexibility index (Phi) is 75.6. The minimum absolute atomic E-state index is 0.137. The highest BCUT2D eigenvalue weighted by Gasteiger charge is 2.22.